The molecule has 7 nitrogen and oxygen atoms in total. The van der Waals surface area contributed by atoms with E-state index in [1.54, 1.807) is 11.6 Å². The maximum absolute atomic E-state index is 12.2. The van der Waals surface area contributed by atoms with Gasteiger partial charge in [-0.05, 0) is 25.7 Å². The summed E-state index contributed by atoms with van der Waals surface area (Å²) in [4.78, 5) is 40.0. The van der Waals surface area contributed by atoms with Gasteiger partial charge in [-0.1, -0.05) is 0 Å². The number of carboxylic acid groups (broad SMARTS) is 1. The topological polar surface area (TPSA) is 101 Å². The molecule has 1 saturated carbocycles. The normalized spacial score (nSPS) is 21.6. The highest BCUT2D eigenvalue weighted by molar-refractivity contribution is 7.15. The number of aliphatic carboxylic acids is 1. The molecule has 0 atom stereocenters. The largest absolute Gasteiger partial charge is 0.481 e. The van der Waals surface area contributed by atoms with Crippen LogP contribution in [0, 0.1) is 5.92 Å². The van der Waals surface area contributed by atoms with Crippen molar-refractivity contribution in [1.82, 2.24) is 14.7 Å². The van der Waals surface area contributed by atoms with Crippen LogP contribution in [0.15, 0.2) is 22.6 Å². The Labute approximate surface area is 129 Å². The standard InChI is InChI=1S/C14H15N3O4S/c18-11(16-9-3-1-8(2-4-9)13(20)21)10-7-15-14-17(12(10)19)5-6-22-14/h5-9H,1-4H2,(H,16,18)(H,20,21). The molecule has 2 N–H and O–H groups in total. The lowest BCUT2D eigenvalue weighted by atomic mass is 9.86. The molecule has 2 heterocycles. The first-order chi connectivity index (χ1) is 10.6. The molecule has 116 valence electrons. The van der Waals surface area contributed by atoms with Gasteiger partial charge in [0.1, 0.15) is 5.56 Å². The molecular weight excluding hydrogens is 306 g/mol. The molecule has 0 unspecified atom stereocenters. The monoisotopic (exact) mass is 321 g/mol. The number of carbonyl (C=O) groups excluding carboxylic acids is 1. The van der Waals surface area contributed by atoms with Gasteiger partial charge in [0.05, 0.1) is 5.92 Å². The number of carboxylic acids is 1. The zero-order valence-electron chi connectivity index (χ0n) is 11.7. The van der Waals surface area contributed by atoms with E-state index in [-0.39, 0.29) is 23.1 Å². The van der Waals surface area contributed by atoms with Gasteiger partial charge in [0.15, 0.2) is 4.96 Å². The van der Waals surface area contributed by atoms with E-state index in [2.05, 4.69) is 10.3 Å². The summed E-state index contributed by atoms with van der Waals surface area (Å²) in [5.74, 6) is -1.56. The minimum atomic E-state index is -0.782. The molecule has 0 aromatic carbocycles. The average Bonchev–Trinajstić information content (AvgIpc) is 2.97. The van der Waals surface area contributed by atoms with Crippen LogP contribution < -0.4 is 10.9 Å². The van der Waals surface area contributed by atoms with Gasteiger partial charge in [0.2, 0.25) is 0 Å². The summed E-state index contributed by atoms with van der Waals surface area (Å²) >= 11 is 1.33. The molecule has 1 fully saturated rings. The van der Waals surface area contributed by atoms with Crippen LogP contribution in [0.5, 0.6) is 0 Å². The van der Waals surface area contributed by atoms with Gasteiger partial charge in [-0.25, -0.2) is 4.98 Å². The maximum atomic E-state index is 12.2. The van der Waals surface area contributed by atoms with E-state index >= 15 is 0 Å². The summed E-state index contributed by atoms with van der Waals surface area (Å²) in [6, 6.07) is -0.0920. The molecule has 1 aliphatic carbocycles. The van der Waals surface area contributed by atoms with Crippen LogP contribution in [-0.2, 0) is 4.79 Å². The van der Waals surface area contributed by atoms with E-state index in [0.717, 1.165) is 0 Å². The minimum absolute atomic E-state index is 0.0104. The quantitative estimate of drug-likeness (QED) is 0.882. The molecule has 0 saturated heterocycles. The Balaban J connectivity index is 1.70. The lowest BCUT2D eigenvalue weighted by molar-refractivity contribution is -0.142. The van der Waals surface area contributed by atoms with Crippen LogP contribution in [0.1, 0.15) is 36.0 Å². The number of hydrogen-bond acceptors (Lipinski definition) is 5. The second-order valence-electron chi connectivity index (χ2n) is 5.39. The highest BCUT2D eigenvalue weighted by Gasteiger charge is 2.27. The Bertz CT molecular complexity index is 774. The smallest absolute Gasteiger partial charge is 0.306 e. The predicted molar refractivity (Wildman–Crippen MR) is 80.2 cm³/mol. The van der Waals surface area contributed by atoms with E-state index in [9.17, 15) is 14.4 Å². The van der Waals surface area contributed by atoms with Crippen molar-refractivity contribution < 1.29 is 14.7 Å². The van der Waals surface area contributed by atoms with Crippen molar-refractivity contribution in [3.63, 3.8) is 0 Å². The first kappa shape index (κ1) is 14.7. The molecule has 0 aliphatic heterocycles. The van der Waals surface area contributed by atoms with Crippen molar-refractivity contribution in [2.45, 2.75) is 31.7 Å². The zero-order chi connectivity index (χ0) is 15.7. The van der Waals surface area contributed by atoms with E-state index < -0.39 is 11.9 Å². The van der Waals surface area contributed by atoms with Crippen molar-refractivity contribution >= 4 is 28.2 Å². The predicted octanol–water partition coefficient (Wildman–Crippen LogP) is 1.13. The first-order valence-corrected chi connectivity index (χ1v) is 7.93. The van der Waals surface area contributed by atoms with Crippen molar-refractivity contribution in [2.75, 3.05) is 0 Å². The molecule has 0 radical (unpaired) electrons. The Morgan fingerprint density at radius 2 is 2.05 bits per heavy atom. The van der Waals surface area contributed by atoms with Crippen LogP contribution >= 0.6 is 11.3 Å². The van der Waals surface area contributed by atoms with Crippen LogP contribution in [0.25, 0.3) is 4.96 Å². The van der Waals surface area contributed by atoms with Crippen LogP contribution in [0.3, 0.4) is 0 Å². The van der Waals surface area contributed by atoms with Gasteiger partial charge in [-0.3, -0.25) is 18.8 Å². The SMILES string of the molecule is O=C(NC1CCC(C(=O)O)CC1)c1cnc2sccn2c1=O. The molecule has 1 amide bonds. The number of amides is 1. The Kier molecular flexibility index (Phi) is 3.93. The van der Waals surface area contributed by atoms with Crippen molar-refractivity contribution in [3.05, 3.63) is 33.7 Å². The van der Waals surface area contributed by atoms with Gasteiger partial charge in [-0.15, -0.1) is 11.3 Å². The molecule has 0 spiro atoms. The first-order valence-electron chi connectivity index (χ1n) is 7.05. The van der Waals surface area contributed by atoms with Gasteiger partial charge >= 0.3 is 5.97 Å². The Morgan fingerprint density at radius 1 is 1.32 bits per heavy atom. The maximum Gasteiger partial charge on any atom is 0.306 e. The van der Waals surface area contributed by atoms with Crippen molar-refractivity contribution in [3.8, 4) is 0 Å². The van der Waals surface area contributed by atoms with Gasteiger partial charge in [0.25, 0.3) is 11.5 Å². The Hall–Kier alpha value is -2.22. The second-order valence-corrected chi connectivity index (χ2v) is 6.27. The number of nitrogens with one attached hydrogen (secondary N) is 1. The fraction of sp³-hybridized carbons (Fsp3) is 0.429. The number of hydrogen-bond donors (Lipinski definition) is 2. The molecule has 1 aliphatic rings. The number of thiazole rings is 1. The van der Waals surface area contributed by atoms with E-state index in [4.69, 9.17) is 5.11 Å². The molecule has 3 rings (SSSR count). The van der Waals surface area contributed by atoms with E-state index in [1.165, 1.54) is 21.9 Å². The highest BCUT2D eigenvalue weighted by Crippen LogP contribution is 2.24. The third-order valence-electron chi connectivity index (χ3n) is 4.00. The summed E-state index contributed by atoms with van der Waals surface area (Å²) in [5, 5.41) is 13.5. The average molecular weight is 321 g/mol. The molecule has 2 aromatic heterocycles. The number of nitrogens with zero attached hydrogens (tertiary/aromatic N) is 2. The number of rotatable bonds is 3. The van der Waals surface area contributed by atoms with E-state index in [1.807, 2.05) is 0 Å². The third-order valence-corrected chi connectivity index (χ3v) is 4.77. The van der Waals surface area contributed by atoms with Crippen molar-refractivity contribution in [2.24, 2.45) is 5.92 Å². The number of carbonyl (C=O) groups is 2. The lowest BCUT2D eigenvalue weighted by Gasteiger charge is -2.26. The molecule has 22 heavy (non-hydrogen) atoms. The van der Waals surface area contributed by atoms with Crippen LogP contribution in [0.4, 0.5) is 0 Å². The lowest BCUT2D eigenvalue weighted by Crippen LogP contribution is -2.41. The number of fused-ring (bicyclic) bond motifs is 1. The van der Waals surface area contributed by atoms with Gasteiger partial charge in [0, 0.05) is 23.8 Å². The third kappa shape index (κ3) is 2.74. The number of aromatic nitrogens is 2. The van der Waals surface area contributed by atoms with Gasteiger partial charge in [-0.2, -0.15) is 0 Å². The highest BCUT2D eigenvalue weighted by atomic mass is 32.1. The minimum Gasteiger partial charge on any atom is -0.481 e. The molecular formula is C14H15N3O4S. The summed E-state index contributed by atoms with van der Waals surface area (Å²) in [7, 11) is 0. The Morgan fingerprint density at radius 3 is 2.73 bits per heavy atom. The fourth-order valence-electron chi connectivity index (χ4n) is 2.73. The van der Waals surface area contributed by atoms with E-state index in [0.29, 0.717) is 30.6 Å². The second kappa shape index (κ2) is 5.88. The summed E-state index contributed by atoms with van der Waals surface area (Å²) < 4.78 is 1.35. The molecule has 0 bridgehead atoms. The summed E-state index contributed by atoms with van der Waals surface area (Å²) in [6.45, 7) is 0. The van der Waals surface area contributed by atoms with Crippen LogP contribution in [-0.4, -0.2) is 32.4 Å². The molecule has 8 heteroatoms. The summed E-state index contributed by atoms with van der Waals surface area (Å²) in [5.41, 5.74) is -0.376. The molecule has 2 aromatic rings. The van der Waals surface area contributed by atoms with Gasteiger partial charge < -0.3 is 10.4 Å². The van der Waals surface area contributed by atoms with Crippen molar-refractivity contribution in [1.29, 1.82) is 0 Å². The zero-order valence-corrected chi connectivity index (χ0v) is 12.5. The summed E-state index contributed by atoms with van der Waals surface area (Å²) in [6.07, 6.45) is 5.19. The van der Waals surface area contributed by atoms with Crippen LogP contribution in [0.2, 0.25) is 0 Å². The fourth-order valence-corrected chi connectivity index (χ4v) is 3.40.